The summed E-state index contributed by atoms with van der Waals surface area (Å²) in [5.74, 6) is 0.0515. The van der Waals surface area contributed by atoms with E-state index in [4.69, 9.17) is 10.5 Å². The number of hydrogen-bond donors (Lipinski definition) is 3. The molecule has 4 aliphatic carbocycles. The number of ether oxygens (including phenoxy) is 1. The Bertz CT molecular complexity index is 878. The molecule has 3 fully saturated rings. The predicted octanol–water partition coefficient (Wildman–Crippen LogP) is 3.72. The van der Waals surface area contributed by atoms with E-state index in [0.29, 0.717) is 13.0 Å². The highest BCUT2D eigenvalue weighted by Gasteiger charge is 2.53. The zero-order chi connectivity index (χ0) is 19.4. The van der Waals surface area contributed by atoms with Crippen LogP contribution >= 0.6 is 12.4 Å². The van der Waals surface area contributed by atoms with Gasteiger partial charge in [0.2, 0.25) is 0 Å². The molecule has 29 heavy (non-hydrogen) atoms. The number of amides is 1. The number of rotatable bonds is 3. The van der Waals surface area contributed by atoms with E-state index >= 15 is 0 Å². The Hall–Kier alpha value is -2.08. The van der Waals surface area contributed by atoms with Gasteiger partial charge in [-0.3, -0.25) is 0 Å². The molecule has 0 spiro atoms. The fraction of sp³-hybridized carbons (Fsp3) is 0.435. The molecule has 154 valence electrons. The first-order valence-electron chi connectivity index (χ1n) is 10.1. The molecule has 4 aliphatic rings. The largest absolute Gasteiger partial charge is 0.449 e. The van der Waals surface area contributed by atoms with Crippen molar-refractivity contribution in [2.75, 3.05) is 6.61 Å². The standard InChI is InChI=1S/C23H26N2O3.ClH/c24-23-11-9-22(10-12-23,13-20(23)26)25-21(27)28-14-19-17-7-3-1-5-15(17)16-6-2-4-8-18(16)19;/h1-8,19-20,26H,9-14,24H2,(H,25,27);1H/t20-,22?,23?;/m0./s1. The highest BCUT2D eigenvalue weighted by atomic mass is 35.5. The minimum absolute atomic E-state index is 0. The molecule has 0 radical (unpaired) electrons. The molecular weight excluding hydrogens is 388 g/mol. The van der Waals surface area contributed by atoms with Crippen LogP contribution < -0.4 is 11.1 Å². The van der Waals surface area contributed by atoms with Crippen LogP contribution in [0.25, 0.3) is 11.1 Å². The molecule has 4 N–H and O–H groups in total. The van der Waals surface area contributed by atoms with Gasteiger partial charge in [-0.2, -0.15) is 0 Å². The Labute approximate surface area is 177 Å². The van der Waals surface area contributed by atoms with Crippen molar-refractivity contribution in [3.8, 4) is 11.1 Å². The lowest BCUT2D eigenvalue weighted by Crippen LogP contribution is -2.68. The lowest BCUT2D eigenvalue weighted by atomic mass is 9.60. The van der Waals surface area contributed by atoms with Gasteiger partial charge in [0.05, 0.1) is 6.10 Å². The Kier molecular flexibility index (Phi) is 5.09. The fourth-order valence-electron chi connectivity index (χ4n) is 5.33. The van der Waals surface area contributed by atoms with E-state index in [2.05, 4.69) is 29.6 Å². The number of alkyl carbamates (subject to hydrolysis) is 1. The van der Waals surface area contributed by atoms with E-state index in [1.165, 1.54) is 22.3 Å². The van der Waals surface area contributed by atoms with Gasteiger partial charge in [-0.25, -0.2) is 4.79 Å². The summed E-state index contributed by atoms with van der Waals surface area (Å²) in [5, 5.41) is 13.4. The number of nitrogens with two attached hydrogens (primary N) is 1. The number of hydrogen-bond acceptors (Lipinski definition) is 4. The van der Waals surface area contributed by atoms with Crippen LogP contribution in [0.4, 0.5) is 4.79 Å². The zero-order valence-corrected chi connectivity index (χ0v) is 17.1. The quantitative estimate of drug-likeness (QED) is 0.714. The number of aliphatic hydroxyl groups excluding tert-OH is 1. The lowest BCUT2D eigenvalue weighted by Gasteiger charge is -2.54. The first kappa shape index (κ1) is 20.2. The molecule has 2 aromatic carbocycles. The third-order valence-electron chi connectivity index (χ3n) is 7.10. The normalized spacial score (nSPS) is 29.5. The molecule has 0 unspecified atom stereocenters. The smallest absolute Gasteiger partial charge is 0.407 e. The van der Waals surface area contributed by atoms with E-state index in [-0.39, 0.29) is 23.9 Å². The van der Waals surface area contributed by atoms with E-state index in [1.54, 1.807) is 0 Å². The Morgan fingerprint density at radius 2 is 1.59 bits per heavy atom. The maximum Gasteiger partial charge on any atom is 0.407 e. The first-order valence-corrected chi connectivity index (χ1v) is 10.1. The number of carbonyl (C=O) groups is 1. The molecule has 2 bridgehead atoms. The van der Waals surface area contributed by atoms with Gasteiger partial charge >= 0.3 is 6.09 Å². The topological polar surface area (TPSA) is 84.6 Å². The molecule has 6 heteroatoms. The third-order valence-corrected chi connectivity index (χ3v) is 7.10. The molecule has 6 rings (SSSR count). The SMILES string of the molecule is Cl.NC12CCC(NC(=O)OCC3c4ccccc4-c4ccccc43)(CC1)C[C@@H]2O. The summed E-state index contributed by atoms with van der Waals surface area (Å²) in [6.07, 6.45) is 2.60. The highest BCUT2D eigenvalue weighted by molar-refractivity contribution is 5.85. The van der Waals surface area contributed by atoms with Crippen LogP contribution in [0.3, 0.4) is 0 Å². The zero-order valence-electron chi connectivity index (χ0n) is 16.3. The minimum Gasteiger partial charge on any atom is -0.449 e. The van der Waals surface area contributed by atoms with E-state index in [9.17, 15) is 9.90 Å². The fourth-order valence-corrected chi connectivity index (χ4v) is 5.33. The van der Waals surface area contributed by atoms with Gasteiger partial charge in [0.1, 0.15) is 6.61 Å². The van der Waals surface area contributed by atoms with Crippen LogP contribution in [0, 0.1) is 0 Å². The second kappa shape index (κ2) is 7.31. The van der Waals surface area contributed by atoms with E-state index < -0.39 is 17.7 Å². The van der Waals surface area contributed by atoms with Crippen LogP contribution in [-0.2, 0) is 4.74 Å². The third kappa shape index (κ3) is 3.31. The molecule has 1 amide bonds. The van der Waals surface area contributed by atoms with Crippen molar-refractivity contribution >= 4 is 18.5 Å². The van der Waals surface area contributed by atoms with Gasteiger partial charge < -0.3 is 20.9 Å². The summed E-state index contributed by atoms with van der Waals surface area (Å²) in [7, 11) is 0. The van der Waals surface area contributed by atoms with Crippen LogP contribution in [0.2, 0.25) is 0 Å². The van der Waals surface area contributed by atoms with Crippen molar-refractivity contribution in [3.63, 3.8) is 0 Å². The van der Waals surface area contributed by atoms with Crippen molar-refractivity contribution in [3.05, 3.63) is 59.7 Å². The molecule has 5 nitrogen and oxygen atoms in total. The van der Waals surface area contributed by atoms with Gasteiger partial charge in [0, 0.05) is 17.0 Å². The van der Waals surface area contributed by atoms with E-state index in [1.807, 2.05) is 24.3 Å². The summed E-state index contributed by atoms with van der Waals surface area (Å²) in [6.45, 7) is 0.305. The molecule has 1 atom stereocenters. The van der Waals surface area contributed by atoms with Crippen LogP contribution in [-0.4, -0.2) is 35.0 Å². The Morgan fingerprint density at radius 1 is 1.03 bits per heavy atom. The maximum atomic E-state index is 12.6. The van der Waals surface area contributed by atoms with Crippen LogP contribution in [0.15, 0.2) is 48.5 Å². The number of fused-ring (bicyclic) bond motifs is 6. The molecule has 3 saturated carbocycles. The van der Waals surface area contributed by atoms with E-state index in [0.717, 1.165) is 25.7 Å². The summed E-state index contributed by atoms with van der Waals surface area (Å²) < 4.78 is 5.68. The number of aliphatic hydroxyl groups is 1. The van der Waals surface area contributed by atoms with Crippen molar-refractivity contribution < 1.29 is 14.6 Å². The molecule has 2 aromatic rings. The number of nitrogens with one attached hydrogen (secondary N) is 1. The second-order valence-corrected chi connectivity index (χ2v) is 8.68. The highest BCUT2D eigenvalue weighted by Crippen LogP contribution is 2.46. The van der Waals surface area contributed by atoms with Gasteiger partial charge in [0.15, 0.2) is 0 Å². The summed E-state index contributed by atoms with van der Waals surface area (Å²) in [6, 6.07) is 16.6. The van der Waals surface area contributed by atoms with Crippen molar-refractivity contribution in [2.45, 2.75) is 55.2 Å². The minimum atomic E-state index is -0.566. The predicted molar refractivity (Wildman–Crippen MR) is 114 cm³/mol. The number of halogens is 1. The van der Waals surface area contributed by atoms with Crippen molar-refractivity contribution in [1.82, 2.24) is 5.32 Å². The molecule has 0 heterocycles. The number of carbonyl (C=O) groups excluding carboxylic acids is 1. The van der Waals surface area contributed by atoms with Crippen LogP contribution in [0.5, 0.6) is 0 Å². The van der Waals surface area contributed by atoms with Gasteiger partial charge in [-0.05, 0) is 54.4 Å². The summed E-state index contributed by atoms with van der Waals surface area (Å²) >= 11 is 0. The average molecular weight is 415 g/mol. The molecule has 0 saturated heterocycles. The van der Waals surface area contributed by atoms with Gasteiger partial charge in [0.25, 0.3) is 0 Å². The van der Waals surface area contributed by atoms with Crippen molar-refractivity contribution in [2.24, 2.45) is 5.73 Å². The first-order chi connectivity index (χ1) is 13.5. The second-order valence-electron chi connectivity index (χ2n) is 8.68. The Morgan fingerprint density at radius 3 is 2.14 bits per heavy atom. The summed E-state index contributed by atoms with van der Waals surface area (Å²) in [4.78, 5) is 12.6. The average Bonchev–Trinajstić information content (AvgIpc) is 3.02. The molecular formula is C23H27ClN2O3. The van der Waals surface area contributed by atoms with Crippen molar-refractivity contribution in [1.29, 1.82) is 0 Å². The molecule has 0 aromatic heterocycles. The van der Waals surface area contributed by atoms with Gasteiger partial charge in [-0.15, -0.1) is 12.4 Å². The lowest BCUT2D eigenvalue weighted by molar-refractivity contribution is -0.0428. The molecule has 0 aliphatic heterocycles. The summed E-state index contributed by atoms with van der Waals surface area (Å²) in [5.41, 5.74) is 10.2. The Balaban J connectivity index is 0.00000205. The maximum absolute atomic E-state index is 12.6. The van der Waals surface area contributed by atoms with Gasteiger partial charge in [-0.1, -0.05) is 48.5 Å². The van der Waals surface area contributed by atoms with Crippen LogP contribution in [0.1, 0.15) is 49.1 Å². The monoisotopic (exact) mass is 414 g/mol. The number of benzene rings is 2.